The van der Waals surface area contributed by atoms with Gasteiger partial charge in [0.05, 0.1) is 6.04 Å². The van der Waals surface area contributed by atoms with Gasteiger partial charge in [-0.3, -0.25) is 5.32 Å². The Morgan fingerprint density at radius 1 is 0.895 bits per heavy atom. The van der Waals surface area contributed by atoms with E-state index in [-0.39, 0.29) is 17.9 Å². The Bertz CT molecular complexity index is 626. The summed E-state index contributed by atoms with van der Waals surface area (Å²) in [6, 6.07) is 18.1. The molecule has 4 rings (SSSR count). The van der Waals surface area contributed by atoms with E-state index in [2.05, 4.69) is 67.7 Å². The maximum absolute atomic E-state index is 3.84. The average Bonchev–Trinajstić information content (AvgIpc) is 2.70. The molecule has 2 heterocycles. The minimum atomic E-state index is 0. The Kier molecular flexibility index (Phi) is 2.74. The molecule has 0 radical (unpaired) electrons. The molecule has 0 aliphatic carbocycles. The van der Waals surface area contributed by atoms with Gasteiger partial charge in [-0.25, -0.2) is 0 Å². The molecule has 2 bridgehead atoms. The molecule has 2 aromatic rings. The number of hydrogen-bond donors (Lipinski definition) is 1. The largest absolute Gasteiger partial charge is 0.296 e. The quantitative estimate of drug-likeness (QED) is 0.760. The van der Waals surface area contributed by atoms with Gasteiger partial charge < -0.3 is 0 Å². The summed E-state index contributed by atoms with van der Waals surface area (Å²) in [6.45, 7) is 4.68. The molecule has 2 heteroatoms. The summed E-state index contributed by atoms with van der Waals surface area (Å²) in [5.41, 5.74) is 5.96. The van der Waals surface area contributed by atoms with Gasteiger partial charge in [-0.1, -0.05) is 55.5 Å². The van der Waals surface area contributed by atoms with Gasteiger partial charge in [0.25, 0.3) is 0 Å². The summed E-state index contributed by atoms with van der Waals surface area (Å²) >= 11 is 0. The second kappa shape index (κ2) is 4.09. The lowest BCUT2D eigenvalue weighted by molar-refractivity contribution is 0.299. The smallest absolute Gasteiger partial charge is 0.0589 e. The van der Waals surface area contributed by atoms with Crippen molar-refractivity contribution >= 4 is 12.4 Å². The molecule has 0 saturated heterocycles. The highest BCUT2D eigenvalue weighted by molar-refractivity contribution is 5.85. The van der Waals surface area contributed by atoms with E-state index in [0.717, 1.165) is 0 Å². The zero-order chi connectivity index (χ0) is 12.3. The monoisotopic (exact) mass is 271 g/mol. The highest BCUT2D eigenvalue weighted by Crippen LogP contribution is 2.53. The molecule has 2 aliphatic rings. The molecular formula is C17H18ClN. The van der Waals surface area contributed by atoms with Crippen molar-refractivity contribution < 1.29 is 0 Å². The first kappa shape index (κ1) is 12.7. The first-order chi connectivity index (χ1) is 8.72. The van der Waals surface area contributed by atoms with Crippen LogP contribution in [0.3, 0.4) is 0 Å². The van der Waals surface area contributed by atoms with Gasteiger partial charge >= 0.3 is 0 Å². The van der Waals surface area contributed by atoms with Crippen LogP contribution in [-0.2, 0) is 5.54 Å². The Labute approximate surface area is 120 Å². The minimum Gasteiger partial charge on any atom is -0.296 e. The molecule has 2 aromatic carbocycles. The molecule has 98 valence electrons. The molecule has 0 aromatic heterocycles. The molecule has 2 aliphatic heterocycles. The first-order valence-electron chi connectivity index (χ1n) is 6.68. The number of fused-ring (bicyclic) bond motifs is 7. The third-order valence-corrected chi connectivity index (χ3v) is 4.92. The van der Waals surface area contributed by atoms with E-state index in [1.807, 2.05) is 0 Å². The van der Waals surface area contributed by atoms with Crippen LogP contribution in [0.1, 0.15) is 48.1 Å². The fraction of sp³-hybridized carbons (Fsp3) is 0.294. The van der Waals surface area contributed by atoms with Crippen LogP contribution in [0.25, 0.3) is 0 Å². The SMILES string of the molecule is CC1c2ccccc2C2NC1(C)c1ccccc12.Cl. The van der Waals surface area contributed by atoms with Crippen molar-refractivity contribution in [2.24, 2.45) is 0 Å². The number of nitrogens with one attached hydrogen (secondary N) is 1. The first-order valence-corrected chi connectivity index (χ1v) is 6.68. The van der Waals surface area contributed by atoms with Crippen molar-refractivity contribution in [2.75, 3.05) is 0 Å². The second-order valence-electron chi connectivity index (χ2n) is 5.72. The maximum Gasteiger partial charge on any atom is 0.0589 e. The van der Waals surface area contributed by atoms with Crippen molar-refractivity contribution in [3.05, 3.63) is 70.8 Å². The van der Waals surface area contributed by atoms with Crippen LogP contribution in [0.2, 0.25) is 0 Å². The highest BCUT2D eigenvalue weighted by atomic mass is 35.5. The zero-order valence-electron chi connectivity index (χ0n) is 11.2. The van der Waals surface area contributed by atoms with Crippen LogP contribution in [0.5, 0.6) is 0 Å². The van der Waals surface area contributed by atoms with Gasteiger partial charge in [0.15, 0.2) is 0 Å². The van der Waals surface area contributed by atoms with Crippen molar-refractivity contribution in [3.8, 4) is 0 Å². The molecule has 3 unspecified atom stereocenters. The van der Waals surface area contributed by atoms with Crippen LogP contribution in [0, 0.1) is 0 Å². The minimum absolute atomic E-state index is 0. The van der Waals surface area contributed by atoms with Gasteiger partial charge in [0.1, 0.15) is 0 Å². The summed E-state index contributed by atoms with van der Waals surface area (Å²) in [5.74, 6) is 0.508. The van der Waals surface area contributed by atoms with Gasteiger partial charge in [0, 0.05) is 11.5 Å². The Balaban J connectivity index is 0.00000110. The predicted molar refractivity (Wildman–Crippen MR) is 80.9 cm³/mol. The summed E-state index contributed by atoms with van der Waals surface area (Å²) in [5, 5.41) is 3.84. The second-order valence-corrected chi connectivity index (χ2v) is 5.72. The lowest BCUT2D eigenvalue weighted by Gasteiger charge is -2.39. The number of halogens is 1. The molecule has 3 atom stereocenters. The molecule has 1 N–H and O–H groups in total. The fourth-order valence-corrected chi connectivity index (χ4v) is 3.76. The molecule has 19 heavy (non-hydrogen) atoms. The third kappa shape index (κ3) is 1.46. The fourth-order valence-electron chi connectivity index (χ4n) is 3.76. The van der Waals surface area contributed by atoms with Gasteiger partial charge in [-0.15, -0.1) is 12.4 Å². The molecule has 0 amide bonds. The molecular weight excluding hydrogens is 254 g/mol. The van der Waals surface area contributed by atoms with Crippen molar-refractivity contribution in [1.29, 1.82) is 0 Å². The number of benzene rings is 2. The van der Waals surface area contributed by atoms with E-state index in [9.17, 15) is 0 Å². The molecule has 0 spiro atoms. The Morgan fingerprint density at radius 3 is 2.21 bits per heavy atom. The predicted octanol–water partition coefficient (Wildman–Crippen LogP) is 4.13. The molecule has 0 saturated carbocycles. The van der Waals surface area contributed by atoms with Gasteiger partial charge in [-0.2, -0.15) is 0 Å². The molecule has 1 nitrogen and oxygen atoms in total. The van der Waals surface area contributed by atoms with Gasteiger partial charge in [0.2, 0.25) is 0 Å². The lowest BCUT2D eigenvalue weighted by Crippen LogP contribution is -2.44. The van der Waals surface area contributed by atoms with Crippen molar-refractivity contribution in [1.82, 2.24) is 5.32 Å². The number of rotatable bonds is 0. The highest BCUT2D eigenvalue weighted by Gasteiger charge is 2.48. The van der Waals surface area contributed by atoms with E-state index in [0.29, 0.717) is 12.0 Å². The maximum atomic E-state index is 3.84. The zero-order valence-corrected chi connectivity index (χ0v) is 12.0. The summed E-state index contributed by atoms with van der Waals surface area (Å²) in [6.07, 6.45) is 0. The topological polar surface area (TPSA) is 12.0 Å². The van der Waals surface area contributed by atoms with Crippen molar-refractivity contribution in [2.45, 2.75) is 31.3 Å². The summed E-state index contributed by atoms with van der Waals surface area (Å²) < 4.78 is 0. The number of hydrogen-bond acceptors (Lipinski definition) is 1. The Morgan fingerprint density at radius 2 is 1.47 bits per heavy atom. The Hall–Kier alpha value is -1.31. The van der Waals surface area contributed by atoms with Crippen LogP contribution >= 0.6 is 12.4 Å². The summed E-state index contributed by atoms with van der Waals surface area (Å²) in [7, 11) is 0. The van der Waals surface area contributed by atoms with Crippen LogP contribution in [0.4, 0.5) is 0 Å². The average molecular weight is 272 g/mol. The van der Waals surface area contributed by atoms with E-state index < -0.39 is 0 Å². The van der Waals surface area contributed by atoms with Crippen LogP contribution in [0.15, 0.2) is 48.5 Å². The van der Waals surface area contributed by atoms with E-state index in [1.54, 1.807) is 0 Å². The van der Waals surface area contributed by atoms with Crippen LogP contribution in [-0.4, -0.2) is 0 Å². The normalized spacial score (nSPS) is 30.2. The molecule has 0 fully saturated rings. The van der Waals surface area contributed by atoms with E-state index in [4.69, 9.17) is 0 Å². The van der Waals surface area contributed by atoms with Crippen LogP contribution < -0.4 is 5.32 Å². The van der Waals surface area contributed by atoms with Gasteiger partial charge in [-0.05, 0) is 29.2 Å². The third-order valence-electron chi connectivity index (χ3n) is 4.92. The van der Waals surface area contributed by atoms with Crippen molar-refractivity contribution in [3.63, 3.8) is 0 Å². The standard InChI is InChI=1S/C17H17N.ClH/c1-11-12-7-3-4-8-13(12)16-14-9-5-6-10-15(14)17(11,2)18-16;/h3-11,16,18H,1-2H3;1H. The van der Waals surface area contributed by atoms with E-state index >= 15 is 0 Å². The van der Waals surface area contributed by atoms with E-state index in [1.165, 1.54) is 22.3 Å². The summed E-state index contributed by atoms with van der Waals surface area (Å²) in [4.78, 5) is 0. The lowest BCUT2D eigenvalue weighted by atomic mass is 9.76.